The van der Waals surface area contributed by atoms with Gasteiger partial charge in [0.25, 0.3) is 5.91 Å². The number of hydrogen-bond acceptors (Lipinski definition) is 7. The van der Waals surface area contributed by atoms with E-state index in [0.29, 0.717) is 51.2 Å². The zero-order valence-corrected chi connectivity index (χ0v) is 16.8. The highest BCUT2D eigenvalue weighted by atomic mass is 16.7. The number of carbonyl (C=O) groups is 1. The van der Waals surface area contributed by atoms with Gasteiger partial charge in [-0.25, -0.2) is 4.98 Å². The van der Waals surface area contributed by atoms with Crippen LogP contribution in [-0.2, 0) is 0 Å². The number of ether oxygens (including phenoxy) is 4. The van der Waals surface area contributed by atoms with Crippen LogP contribution in [0.1, 0.15) is 10.4 Å². The normalized spacial score (nSPS) is 12.1. The van der Waals surface area contributed by atoms with Gasteiger partial charge in [-0.1, -0.05) is 0 Å². The van der Waals surface area contributed by atoms with E-state index in [4.69, 9.17) is 23.4 Å². The predicted molar refractivity (Wildman–Crippen MR) is 113 cm³/mol. The Labute approximate surface area is 177 Å². The smallest absolute Gasteiger partial charge is 0.255 e. The molecule has 1 aliphatic rings. The fourth-order valence-electron chi connectivity index (χ4n) is 3.34. The SMILES string of the molecule is COc1ccc(-c2nc3cc(NC(=O)c4ccc5c(c4)OCO5)ccc3o2)cc1OC. The van der Waals surface area contributed by atoms with Crippen molar-refractivity contribution in [2.24, 2.45) is 0 Å². The van der Waals surface area contributed by atoms with Gasteiger partial charge >= 0.3 is 0 Å². The number of hydrogen-bond donors (Lipinski definition) is 1. The van der Waals surface area contributed by atoms with E-state index in [9.17, 15) is 4.79 Å². The summed E-state index contributed by atoms with van der Waals surface area (Å²) < 4.78 is 27.1. The van der Waals surface area contributed by atoms with E-state index < -0.39 is 0 Å². The molecule has 0 spiro atoms. The van der Waals surface area contributed by atoms with Crippen LogP contribution in [-0.4, -0.2) is 31.9 Å². The lowest BCUT2D eigenvalue weighted by molar-refractivity contribution is 0.102. The summed E-state index contributed by atoms with van der Waals surface area (Å²) in [4.78, 5) is 17.2. The summed E-state index contributed by atoms with van der Waals surface area (Å²) in [5, 5.41) is 2.87. The molecule has 2 heterocycles. The summed E-state index contributed by atoms with van der Waals surface area (Å²) in [5.74, 6) is 2.56. The molecule has 0 bridgehead atoms. The summed E-state index contributed by atoms with van der Waals surface area (Å²) in [6.45, 7) is 0.158. The number of nitrogens with one attached hydrogen (secondary N) is 1. The summed E-state index contributed by atoms with van der Waals surface area (Å²) >= 11 is 0. The van der Waals surface area contributed by atoms with Gasteiger partial charge in [0, 0.05) is 16.8 Å². The summed E-state index contributed by atoms with van der Waals surface area (Å²) in [7, 11) is 3.15. The second-order valence-electron chi connectivity index (χ2n) is 6.79. The first-order chi connectivity index (χ1) is 15.1. The predicted octanol–water partition coefficient (Wildman–Crippen LogP) is 4.49. The highest BCUT2D eigenvalue weighted by molar-refractivity contribution is 6.05. The van der Waals surface area contributed by atoms with Crippen LogP contribution in [0.25, 0.3) is 22.6 Å². The molecule has 31 heavy (non-hydrogen) atoms. The Bertz CT molecular complexity index is 1300. The Morgan fingerprint density at radius 3 is 2.61 bits per heavy atom. The number of carbonyl (C=O) groups excluding carboxylic acids is 1. The summed E-state index contributed by atoms with van der Waals surface area (Å²) in [6.07, 6.45) is 0. The molecule has 156 valence electrons. The van der Waals surface area contributed by atoms with E-state index in [1.165, 1.54) is 0 Å². The van der Waals surface area contributed by atoms with Gasteiger partial charge in [0.1, 0.15) is 5.52 Å². The Balaban J connectivity index is 1.40. The van der Waals surface area contributed by atoms with Gasteiger partial charge in [-0.2, -0.15) is 0 Å². The molecule has 1 N–H and O–H groups in total. The van der Waals surface area contributed by atoms with Crippen molar-refractivity contribution >= 4 is 22.7 Å². The molecule has 5 rings (SSSR count). The van der Waals surface area contributed by atoms with E-state index in [-0.39, 0.29) is 12.7 Å². The summed E-state index contributed by atoms with van der Waals surface area (Å²) in [5.41, 5.74) is 3.04. The highest BCUT2D eigenvalue weighted by Gasteiger charge is 2.17. The second-order valence-corrected chi connectivity index (χ2v) is 6.79. The molecule has 0 saturated heterocycles. The second kappa shape index (κ2) is 7.56. The minimum atomic E-state index is -0.263. The lowest BCUT2D eigenvalue weighted by atomic mass is 10.2. The minimum Gasteiger partial charge on any atom is -0.493 e. The number of rotatable bonds is 5. The first-order valence-corrected chi connectivity index (χ1v) is 9.48. The van der Waals surface area contributed by atoms with Crippen molar-refractivity contribution in [1.82, 2.24) is 4.98 Å². The van der Waals surface area contributed by atoms with Crippen LogP contribution in [0, 0.1) is 0 Å². The molecule has 0 atom stereocenters. The third kappa shape index (κ3) is 3.48. The maximum atomic E-state index is 12.6. The van der Waals surface area contributed by atoms with E-state index in [0.717, 1.165) is 5.56 Å². The number of oxazole rings is 1. The van der Waals surface area contributed by atoms with Gasteiger partial charge in [0.05, 0.1) is 14.2 Å². The molecule has 1 aliphatic heterocycles. The average Bonchev–Trinajstić information content (AvgIpc) is 3.44. The number of aromatic nitrogens is 1. The molecule has 1 aromatic heterocycles. The lowest BCUT2D eigenvalue weighted by Gasteiger charge is -2.07. The third-order valence-corrected chi connectivity index (χ3v) is 4.91. The minimum absolute atomic E-state index is 0.158. The lowest BCUT2D eigenvalue weighted by Crippen LogP contribution is -2.11. The van der Waals surface area contributed by atoms with Crippen molar-refractivity contribution in [3.63, 3.8) is 0 Å². The van der Waals surface area contributed by atoms with Gasteiger partial charge < -0.3 is 28.7 Å². The molecule has 3 aromatic carbocycles. The highest BCUT2D eigenvalue weighted by Crippen LogP contribution is 2.34. The molecule has 0 unspecified atom stereocenters. The maximum absolute atomic E-state index is 12.6. The molecule has 8 nitrogen and oxygen atoms in total. The van der Waals surface area contributed by atoms with E-state index >= 15 is 0 Å². The Morgan fingerprint density at radius 1 is 0.935 bits per heavy atom. The van der Waals surface area contributed by atoms with Gasteiger partial charge in [0.15, 0.2) is 28.6 Å². The Hall–Kier alpha value is -4.20. The quantitative estimate of drug-likeness (QED) is 0.510. The molecule has 8 heteroatoms. The zero-order valence-electron chi connectivity index (χ0n) is 16.8. The van der Waals surface area contributed by atoms with Crippen LogP contribution >= 0.6 is 0 Å². The van der Waals surface area contributed by atoms with E-state index in [2.05, 4.69) is 10.3 Å². The first-order valence-electron chi connectivity index (χ1n) is 9.48. The molecular weight excluding hydrogens is 400 g/mol. The van der Waals surface area contributed by atoms with Gasteiger partial charge in [-0.3, -0.25) is 4.79 Å². The molecule has 1 amide bonds. The van der Waals surface area contributed by atoms with Crippen LogP contribution in [0.15, 0.2) is 59.0 Å². The van der Waals surface area contributed by atoms with Crippen LogP contribution in [0.3, 0.4) is 0 Å². The van der Waals surface area contributed by atoms with Crippen LogP contribution in [0.2, 0.25) is 0 Å². The number of fused-ring (bicyclic) bond motifs is 2. The van der Waals surface area contributed by atoms with Crippen molar-refractivity contribution in [1.29, 1.82) is 0 Å². The first kappa shape index (κ1) is 18.8. The van der Waals surface area contributed by atoms with Crippen LogP contribution in [0.4, 0.5) is 5.69 Å². The van der Waals surface area contributed by atoms with Crippen molar-refractivity contribution in [3.8, 4) is 34.5 Å². The van der Waals surface area contributed by atoms with Crippen molar-refractivity contribution in [2.45, 2.75) is 0 Å². The van der Waals surface area contributed by atoms with E-state index in [1.54, 1.807) is 62.8 Å². The fourth-order valence-corrected chi connectivity index (χ4v) is 3.34. The van der Waals surface area contributed by atoms with Gasteiger partial charge in [0.2, 0.25) is 12.7 Å². The van der Waals surface area contributed by atoms with Crippen LogP contribution < -0.4 is 24.3 Å². The third-order valence-electron chi connectivity index (χ3n) is 4.91. The molecule has 0 radical (unpaired) electrons. The molecule has 0 fully saturated rings. The fraction of sp³-hybridized carbons (Fsp3) is 0.130. The zero-order chi connectivity index (χ0) is 21.4. The van der Waals surface area contributed by atoms with Gasteiger partial charge in [-0.15, -0.1) is 0 Å². The topological polar surface area (TPSA) is 92.1 Å². The number of methoxy groups -OCH3 is 2. The molecule has 0 saturated carbocycles. The molecule has 0 aliphatic carbocycles. The number of anilines is 1. The number of amides is 1. The van der Waals surface area contributed by atoms with Crippen molar-refractivity contribution in [2.75, 3.05) is 26.3 Å². The molecular formula is C23H18N2O6. The summed E-state index contributed by atoms with van der Waals surface area (Å²) in [6, 6.07) is 15.8. The Morgan fingerprint density at radius 2 is 1.77 bits per heavy atom. The number of nitrogens with zero attached hydrogens (tertiary/aromatic N) is 1. The maximum Gasteiger partial charge on any atom is 0.255 e. The Kier molecular flexibility index (Phi) is 4.59. The average molecular weight is 418 g/mol. The number of benzene rings is 3. The standard InChI is InChI=1S/C23H18N2O6/c1-27-18-6-4-14(10-20(18)28-2)23-25-16-11-15(5-8-17(16)31-23)24-22(26)13-3-7-19-21(9-13)30-12-29-19/h3-11H,12H2,1-2H3,(H,24,26). The molecule has 4 aromatic rings. The van der Waals surface area contributed by atoms with Crippen LogP contribution in [0.5, 0.6) is 23.0 Å². The van der Waals surface area contributed by atoms with Gasteiger partial charge in [-0.05, 0) is 54.6 Å². The largest absolute Gasteiger partial charge is 0.493 e. The van der Waals surface area contributed by atoms with Crippen molar-refractivity contribution in [3.05, 3.63) is 60.2 Å². The van der Waals surface area contributed by atoms with Crippen molar-refractivity contribution < 1.29 is 28.2 Å². The monoisotopic (exact) mass is 418 g/mol. The van der Waals surface area contributed by atoms with E-state index in [1.807, 2.05) is 6.07 Å².